The molecule has 1 aromatic rings. The van der Waals surface area contributed by atoms with Gasteiger partial charge < -0.3 is 10.2 Å². The quantitative estimate of drug-likeness (QED) is 0.809. The molecule has 16 heavy (non-hydrogen) atoms. The second-order valence-corrected chi connectivity index (χ2v) is 3.44. The van der Waals surface area contributed by atoms with Crippen LogP contribution < -0.4 is 0 Å². The molecule has 0 saturated carbocycles. The lowest BCUT2D eigenvalue weighted by atomic mass is 10.1. The maximum absolute atomic E-state index is 12.2. The summed E-state index contributed by atoms with van der Waals surface area (Å²) in [6.45, 7) is 0. The zero-order valence-electron chi connectivity index (χ0n) is 7.95. The Morgan fingerprint density at radius 1 is 1.31 bits per heavy atom. The summed E-state index contributed by atoms with van der Waals surface area (Å²) in [5.41, 5.74) is -0.968. The molecule has 0 aliphatic rings. The summed E-state index contributed by atoms with van der Waals surface area (Å²) in [5, 5.41) is 18.6. The van der Waals surface area contributed by atoms with Crippen LogP contribution in [0, 0.1) is 0 Å². The maximum atomic E-state index is 12.2. The Bertz CT molecular complexity index is 342. The topological polar surface area (TPSA) is 53.4 Å². The fourth-order valence-electron chi connectivity index (χ4n) is 1.03. The normalized spacial score (nSPS) is 15.9. The first-order chi connectivity index (χ1) is 7.36. The first kappa shape index (κ1) is 13.2. The van der Waals surface area contributed by atoms with E-state index in [-0.39, 0.29) is 11.6 Å². The van der Waals surface area contributed by atoms with Gasteiger partial charge in [-0.1, -0.05) is 0 Å². The van der Waals surface area contributed by atoms with Gasteiger partial charge in [-0.05, 0) is 12.1 Å². The van der Waals surface area contributed by atoms with Crippen molar-refractivity contribution in [2.24, 2.45) is 0 Å². The molecular weight excluding hydrogens is 247 g/mol. The molecular formula is C9H9ClF3NO2. The van der Waals surface area contributed by atoms with Crippen LogP contribution in [0.25, 0.3) is 0 Å². The number of nitrogens with zero attached hydrogens (tertiary/aromatic N) is 1. The predicted octanol–water partition coefficient (Wildman–Crippen LogP) is 1.73. The minimum atomic E-state index is -4.47. The highest BCUT2D eigenvalue weighted by Gasteiger charge is 2.31. The van der Waals surface area contributed by atoms with Crippen LogP contribution in [0.3, 0.4) is 0 Å². The van der Waals surface area contributed by atoms with Crippen molar-refractivity contribution < 1.29 is 23.4 Å². The summed E-state index contributed by atoms with van der Waals surface area (Å²) in [6, 6.07) is 1.79. The third-order valence-electron chi connectivity index (χ3n) is 1.94. The first-order valence-corrected chi connectivity index (χ1v) is 4.85. The highest BCUT2D eigenvalue weighted by atomic mass is 35.5. The Morgan fingerprint density at radius 3 is 2.31 bits per heavy atom. The zero-order valence-corrected chi connectivity index (χ0v) is 8.70. The minimum absolute atomic E-state index is 0.0545. The third kappa shape index (κ3) is 3.07. The molecule has 1 aromatic heterocycles. The first-order valence-electron chi connectivity index (χ1n) is 4.31. The van der Waals surface area contributed by atoms with Crippen LogP contribution >= 0.6 is 11.6 Å². The van der Waals surface area contributed by atoms with Crippen LogP contribution in [0.5, 0.6) is 0 Å². The molecule has 0 amide bonds. The van der Waals surface area contributed by atoms with Crippen LogP contribution in [-0.4, -0.2) is 27.2 Å². The number of aliphatic hydroxyl groups is 2. The molecule has 2 N–H and O–H groups in total. The molecule has 0 aliphatic carbocycles. The van der Waals surface area contributed by atoms with Crippen LogP contribution in [0.4, 0.5) is 13.2 Å². The highest BCUT2D eigenvalue weighted by Crippen LogP contribution is 2.29. The van der Waals surface area contributed by atoms with Crippen molar-refractivity contribution in [2.45, 2.75) is 18.4 Å². The van der Waals surface area contributed by atoms with E-state index in [0.29, 0.717) is 6.20 Å². The summed E-state index contributed by atoms with van der Waals surface area (Å²) < 4.78 is 36.5. The molecule has 0 saturated heterocycles. The van der Waals surface area contributed by atoms with E-state index in [9.17, 15) is 18.3 Å². The van der Waals surface area contributed by atoms with E-state index < -0.39 is 23.9 Å². The predicted molar refractivity (Wildman–Crippen MR) is 50.9 cm³/mol. The maximum Gasteiger partial charge on any atom is 0.417 e. The summed E-state index contributed by atoms with van der Waals surface area (Å²) in [5.74, 6) is -0.232. The second kappa shape index (κ2) is 4.99. The van der Waals surface area contributed by atoms with E-state index in [1.807, 2.05) is 0 Å². The monoisotopic (exact) mass is 255 g/mol. The van der Waals surface area contributed by atoms with Crippen molar-refractivity contribution in [1.29, 1.82) is 0 Å². The van der Waals surface area contributed by atoms with Crippen molar-refractivity contribution in [3.05, 3.63) is 29.6 Å². The van der Waals surface area contributed by atoms with E-state index in [2.05, 4.69) is 4.98 Å². The van der Waals surface area contributed by atoms with Crippen molar-refractivity contribution >= 4 is 11.6 Å². The van der Waals surface area contributed by atoms with E-state index in [1.54, 1.807) is 0 Å². The number of aromatic nitrogens is 1. The smallest absolute Gasteiger partial charge is 0.389 e. The third-order valence-corrected chi connectivity index (χ3v) is 2.26. The van der Waals surface area contributed by atoms with Gasteiger partial charge in [0.2, 0.25) is 0 Å². The van der Waals surface area contributed by atoms with E-state index in [4.69, 9.17) is 16.7 Å². The lowest BCUT2D eigenvalue weighted by molar-refractivity contribution is -0.137. The van der Waals surface area contributed by atoms with Crippen LogP contribution in [0.2, 0.25) is 0 Å². The number of rotatable bonds is 3. The number of halogens is 4. The van der Waals surface area contributed by atoms with Crippen molar-refractivity contribution in [1.82, 2.24) is 4.98 Å². The SMILES string of the molecule is OC(CCl)C(O)c1ccc(C(F)(F)F)cn1. The molecule has 0 bridgehead atoms. The molecule has 3 nitrogen and oxygen atoms in total. The zero-order chi connectivity index (χ0) is 12.3. The van der Waals surface area contributed by atoms with Crippen molar-refractivity contribution in [2.75, 3.05) is 5.88 Å². The number of aliphatic hydroxyl groups excluding tert-OH is 2. The van der Waals surface area contributed by atoms with Gasteiger partial charge in [-0.25, -0.2) is 0 Å². The van der Waals surface area contributed by atoms with E-state index in [0.717, 1.165) is 12.1 Å². The van der Waals surface area contributed by atoms with Gasteiger partial charge in [0.15, 0.2) is 0 Å². The molecule has 0 radical (unpaired) electrons. The Kier molecular flexibility index (Phi) is 4.12. The average Bonchev–Trinajstić information content (AvgIpc) is 2.26. The van der Waals surface area contributed by atoms with Gasteiger partial charge in [-0.3, -0.25) is 4.98 Å². The van der Waals surface area contributed by atoms with Crippen LogP contribution in [0.1, 0.15) is 17.4 Å². The molecule has 2 atom stereocenters. The van der Waals surface area contributed by atoms with Gasteiger partial charge in [0, 0.05) is 6.20 Å². The summed E-state index contributed by atoms with van der Waals surface area (Å²) in [7, 11) is 0. The largest absolute Gasteiger partial charge is 0.417 e. The van der Waals surface area contributed by atoms with Crippen molar-refractivity contribution in [3.8, 4) is 0 Å². The summed E-state index contributed by atoms with van der Waals surface area (Å²) >= 11 is 5.28. The summed E-state index contributed by atoms with van der Waals surface area (Å²) in [6.07, 6.45) is -6.52. The summed E-state index contributed by atoms with van der Waals surface area (Å²) in [4.78, 5) is 3.43. The average molecular weight is 256 g/mol. The fourth-order valence-corrected chi connectivity index (χ4v) is 1.20. The fraction of sp³-hybridized carbons (Fsp3) is 0.444. The molecule has 90 valence electrons. The molecule has 0 fully saturated rings. The molecule has 0 spiro atoms. The number of hydrogen-bond acceptors (Lipinski definition) is 3. The standard InChI is InChI=1S/C9H9ClF3NO2/c10-3-7(15)8(16)6-2-1-5(4-14-6)9(11,12)13/h1-2,4,7-8,15-16H,3H2. The molecule has 7 heteroatoms. The van der Waals surface area contributed by atoms with Crippen molar-refractivity contribution in [3.63, 3.8) is 0 Å². The van der Waals surface area contributed by atoms with Gasteiger partial charge >= 0.3 is 6.18 Å². The molecule has 1 rings (SSSR count). The highest BCUT2D eigenvalue weighted by molar-refractivity contribution is 6.18. The number of alkyl halides is 4. The van der Waals surface area contributed by atoms with Gasteiger partial charge in [-0.2, -0.15) is 13.2 Å². The second-order valence-electron chi connectivity index (χ2n) is 3.14. The molecule has 0 aliphatic heterocycles. The van der Waals surface area contributed by atoms with Gasteiger partial charge in [0.05, 0.1) is 23.2 Å². The van der Waals surface area contributed by atoms with E-state index in [1.165, 1.54) is 0 Å². The lowest BCUT2D eigenvalue weighted by Crippen LogP contribution is -2.21. The Labute approximate surface area is 94.5 Å². The van der Waals surface area contributed by atoms with Crippen LogP contribution in [0.15, 0.2) is 18.3 Å². The molecule has 2 unspecified atom stereocenters. The van der Waals surface area contributed by atoms with Gasteiger partial charge in [0.1, 0.15) is 6.10 Å². The molecule has 1 heterocycles. The lowest BCUT2D eigenvalue weighted by Gasteiger charge is -2.15. The number of pyridine rings is 1. The van der Waals surface area contributed by atoms with E-state index >= 15 is 0 Å². The Morgan fingerprint density at radius 2 is 1.94 bits per heavy atom. The van der Waals surface area contributed by atoms with Gasteiger partial charge in [-0.15, -0.1) is 11.6 Å². The molecule has 0 aromatic carbocycles. The van der Waals surface area contributed by atoms with Crippen LogP contribution in [-0.2, 0) is 6.18 Å². The Hall–Kier alpha value is -0.850. The Balaban J connectivity index is 2.87. The number of hydrogen-bond donors (Lipinski definition) is 2. The van der Waals surface area contributed by atoms with Gasteiger partial charge in [0.25, 0.3) is 0 Å². The minimum Gasteiger partial charge on any atom is -0.389 e.